The van der Waals surface area contributed by atoms with Crippen molar-refractivity contribution in [2.75, 3.05) is 7.11 Å². The van der Waals surface area contributed by atoms with Gasteiger partial charge in [-0.25, -0.2) is 9.97 Å². The first-order valence-corrected chi connectivity index (χ1v) is 24.0. The van der Waals surface area contributed by atoms with E-state index < -0.39 is 0 Å². The van der Waals surface area contributed by atoms with Gasteiger partial charge >= 0.3 is 0 Å². The van der Waals surface area contributed by atoms with Crippen LogP contribution in [0.1, 0.15) is 101 Å². The van der Waals surface area contributed by atoms with Gasteiger partial charge in [-0.05, 0) is 134 Å². The van der Waals surface area contributed by atoms with Crippen LogP contribution in [0.2, 0.25) is 0 Å². The summed E-state index contributed by atoms with van der Waals surface area (Å²) in [5, 5.41) is 0. The molecular weight excluding hydrogens is 873 g/mol. The van der Waals surface area contributed by atoms with E-state index in [9.17, 15) is 0 Å². The first-order valence-electron chi connectivity index (χ1n) is 24.0. The number of hydrogen-bond donors (Lipinski definition) is 4. The average Bonchev–Trinajstić information content (AvgIpc) is 4.22. The molecule has 9 heteroatoms. The molecule has 0 saturated heterocycles. The second-order valence-corrected chi connectivity index (χ2v) is 20.1. The normalized spacial score (nSPS) is 14.1. The van der Waals surface area contributed by atoms with Gasteiger partial charge in [0, 0.05) is 90.5 Å². The summed E-state index contributed by atoms with van der Waals surface area (Å²) in [6.07, 6.45) is 9.69. The smallest absolute Gasteiger partial charge is 0.165 e. The Morgan fingerprint density at radius 1 is 0.493 bits per heavy atom. The van der Waals surface area contributed by atoms with Crippen molar-refractivity contribution in [1.82, 2.24) is 39.9 Å². The summed E-state index contributed by atoms with van der Waals surface area (Å²) < 4.78 is 6.22. The van der Waals surface area contributed by atoms with Crippen molar-refractivity contribution in [2.45, 2.75) is 58.3 Å². The highest BCUT2D eigenvalue weighted by molar-refractivity contribution is 5.89. The number of hydrogen-bond acceptors (Lipinski definition) is 5. The topological polar surface area (TPSA) is 124 Å². The standard InChI is InChI=1S/C62H50N8O/c1-37-7-9-38(10-8-37)14-18-42-28-50-34-56-61(2,3)35-51(68-56)32-54-41(27-49(67-54)33-57-62(4,5)36-55(70-57)60(71-6)59(42)69-50)17-13-39-11-15-40(16-12-39)58-52-25-23-47(65-52)30-45-21-19-43(63-45)29-44-20-22-46(64-44)31-48-24-26-53(58)66-48/h7-12,15-16,19-34,63-64,67,69H,35-36H2,1-6H3. The molecule has 10 heterocycles. The van der Waals surface area contributed by atoms with Crippen LogP contribution in [0.4, 0.5) is 0 Å². The molecule has 0 radical (unpaired) electrons. The SMILES string of the molecule is COc1c2nc(cc3cc(C#Cc4ccc(-c5c6nc(cc7ccc(cc8ccc(cc9nc5C=C9)[nH]8)[nH]7)C=C6)cc4)c(cc4nc(cc5cc(C#Cc6ccc(C)cc6)c1[nH]5)C(C)(C)C4)[nH]3)C(C)(C)C2. The lowest BCUT2D eigenvalue weighted by Crippen LogP contribution is -2.15. The highest BCUT2D eigenvalue weighted by atomic mass is 16.5. The summed E-state index contributed by atoms with van der Waals surface area (Å²) in [7, 11) is 1.71. The van der Waals surface area contributed by atoms with Gasteiger partial charge in [0.15, 0.2) is 5.75 Å². The maximum Gasteiger partial charge on any atom is 0.165 e. The van der Waals surface area contributed by atoms with E-state index in [4.69, 9.17) is 24.7 Å². The van der Waals surface area contributed by atoms with Crippen LogP contribution in [0.15, 0.2) is 121 Å². The first kappa shape index (κ1) is 43.4. The molecule has 71 heavy (non-hydrogen) atoms. The molecule has 6 aromatic heterocycles. The Kier molecular flexibility index (Phi) is 10.3. The van der Waals surface area contributed by atoms with Gasteiger partial charge in [0.05, 0.1) is 57.7 Å². The summed E-state index contributed by atoms with van der Waals surface area (Å²) in [6.45, 7) is 11.0. The summed E-state index contributed by atoms with van der Waals surface area (Å²) >= 11 is 0. The number of fused-ring (bicyclic) bond motifs is 16. The molecular formula is C62H50N8O. The number of rotatable bonds is 2. The molecule has 12 rings (SSSR count). The second kappa shape index (κ2) is 16.9. The molecule has 0 fully saturated rings. The first-order chi connectivity index (χ1) is 34.4. The van der Waals surface area contributed by atoms with E-state index in [0.717, 1.165) is 129 Å². The van der Waals surface area contributed by atoms with Crippen molar-refractivity contribution >= 4 is 68.4 Å². The van der Waals surface area contributed by atoms with Crippen LogP contribution in [0.3, 0.4) is 0 Å². The molecule has 0 saturated carbocycles. The van der Waals surface area contributed by atoms with Crippen molar-refractivity contribution in [1.29, 1.82) is 0 Å². The van der Waals surface area contributed by atoms with Crippen LogP contribution in [-0.2, 0) is 23.7 Å². The van der Waals surface area contributed by atoms with Crippen LogP contribution in [0.5, 0.6) is 5.75 Å². The minimum atomic E-state index is -0.274. The lowest BCUT2D eigenvalue weighted by molar-refractivity contribution is 0.409. The van der Waals surface area contributed by atoms with E-state index >= 15 is 0 Å². The van der Waals surface area contributed by atoms with Crippen molar-refractivity contribution in [2.24, 2.45) is 0 Å². The van der Waals surface area contributed by atoms with Crippen LogP contribution in [0, 0.1) is 30.6 Å². The number of nitrogens with zero attached hydrogens (tertiary/aromatic N) is 4. The van der Waals surface area contributed by atoms with Crippen LogP contribution < -0.4 is 4.74 Å². The van der Waals surface area contributed by atoms with Gasteiger partial charge in [-0.3, -0.25) is 9.97 Å². The Bertz CT molecular complexity index is 3960. The number of aromatic nitrogens is 8. The van der Waals surface area contributed by atoms with Crippen molar-refractivity contribution in [3.05, 3.63) is 195 Å². The van der Waals surface area contributed by atoms with Gasteiger partial charge in [-0.1, -0.05) is 81.2 Å². The molecule has 4 aliphatic heterocycles. The number of aryl methyl sites for hydroxylation is 1. The predicted molar refractivity (Wildman–Crippen MR) is 288 cm³/mol. The quantitative estimate of drug-likeness (QED) is 0.129. The summed E-state index contributed by atoms with van der Waals surface area (Å²) in [4.78, 5) is 35.1. The van der Waals surface area contributed by atoms with Gasteiger partial charge in [0.1, 0.15) is 0 Å². The fourth-order valence-corrected chi connectivity index (χ4v) is 9.79. The predicted octanol–water partition coefficient (Wildman–Crippen LogP) is 13.1. The molecule has 16 bridgehead atoms. The molecule has 9 nitrogen and oxygen atoms in total. The van der Waals surface area contributed by atoms with Gasteiger partial charge in [0.2, 0.25) is 0 Å². The number of methoxy groups -OCH3 is 1. The third-order valence-corrected chi connectivity index (χ3v) is 13.6. The number of benzene rings is 2. The van der Waals surface area contributed by atoms with Crippen molar-refractivity contribution in [3.63, 3.8) is 0 Å². The van der Waals surface area contributed by atoms with E-state index in [1.807, 2.05) is 0 Å². The number of nitrogens with one attached hydrogen (secondary N) is 4. The van der Waals surface area contributed by atoms with E-state index in [1.165, 1.54) is 5.56 Å². The Hall–Kier alpha value is -8.92. The maximum atomic E-state index is 6.22. The zero-order valence-corrected chi connectivity index (χ0v) is 40.5. The molecule has 4 aliphatic rings. The zero-order chi connectivity index (χ0) is 48.4. The van der Waals surface area contributed by atoms with Gasteiger partial charge in [0.25, 0.3) is 0 Å². The minimum absolute atomic E-state index is 0.222. The van der Waals surface area contributed by atoms with Gasteiger partial charge in [-0.15, -0.1) is 0 Å². The molecule has 0 atom stereocenters. The van der Waals surface area contributed by atoms with Crippen molar-refractivity contribution < 1.29 is 4.74 Å². The molecule has 0 unspecified atom stereocenters. The molecule has 2 aromatic carbocycles. The monoisotopic (exact) mass is 922 g/mol. The Morgan fingerprint density at radius 3 is 1.68 bits per heavy atom. The van der Waals surface area contributed by atoms with Gasteiger partial charge in [-0.2, -0.15) is 0 Å². The van der Waals surface area contributed by atoms with Crippen LogP contribution in [0.25, 0.3) is 79.6 Å². The maximum absolute atomic E-state index is 6.22. The third-order valence-electron chi connectivity index (χ3n) is 13.6. The van der Waals surface area contributed by atoms with E-state index in [-0.39, 0.29) is 10.8 Å². The van der Waals surface area contributed by atoms with Crippen molar-refractivity contribution in [3.8, 4) is 40.6 Å². The average molecular weight is 923 g/mol. The molecule has 0 aliphatic carbocycles. The summed E-state index contributed by atoms with van der Waals surface area (Å²) in [6, 6.07) is 41.8. The lowest BCUT2D eigenvalue weighted by atomic mass is 9.87. The molecule has 344 valence electrons. The molecule has 8 aromatic rings. The number of H-pyrrole nitrogens is 4. The van der Waals surface area contributed by atoms with E-state index in [1.54, 1.807) is 7.11 Å². The third kappa shape index (κ3) is 8.64. The fourth-order valence-electron chi connectivity index (χ4n) is 9.79. The largest absolute Gasteiger partial charge is 0.493 e. The zero-order valence-electron chi connectivity index (χ0n) is 40.5. The highest BCUT2D eigenvalue weighted by Gasteiger charge is 2.32. The lowest BCUT2D eigenvalue weighted by Gasteiger charge is -2.16. The Balaban J connectivity index is 0.967. The fraction of sp³-hybridized carbons (Fsp3) is 0.161. The molecule has 0 spiro atoms. The Labute approximate surface area is 411 Å². The summed E-state index contributed by atoms with van der Waals surface area (Å²) in [5.74, 6) is 14.5. The van der Waals surface area contributed by atoms with E-state index in [0.29, 0.717) is 12.2 Å². The second-order valence-electron chi connectivity index (χ2n) is 20.1. The van der Waals surface area contributed by atoms with Crippen LogP contribution in [-0.4, -0.2) is 47.0 Å². The number of ether oxygens (including phenoxy) is 1. The van der Waals surface area contributed by atoms with Gasteiger partial charge < -0.3 is 24.7 Å². The van der Waals surface area contributed by atoms with E-state index in [2.05, 4.69) is 224 Å². The number of aromatic amines is 4. The molecule has 0 amide bonds. The Morgan fingerprint density at radius 2 is 1.04 bits per heavy atom. The molecule has 4 N–H and O–H groups in total. The minimum Gasteiger partial charge on any atom is -0.493 e. The van der Waals surface area contributed by atoms with Crippen LogP contribution >= 0.6 is 0 Å². The summed E-state index contributed by atoms with van der Waals surface area (Å²) in [5.41, 5.74) is 20.9. The highest BCUT2D eigenvalue weighted by Crippen LogP contribution is 2.38.